The van der Waals surface area contributed by atoms with Crippen LogP contribution in [0.15, 0.2) is 103 Å². The van der Waals surface area contributed by atoms with Crippen LogP contribution >= 0.6 is 23.2 Å². The maximum atomic E-state index is 6.51. The molecule has 0 fully saturated rings. The minimum atomic E-state index is 0.0171. The molecule has 0 aromatic heterocycles. The molecule has 1 aliphatic rings. The second-order valence-electron chi connectivity index (χ2n) is 9.27. The van der Waals surface area contributed by atoms with Gasteiger partial charge in [0.2, 0.25) is 0 Å². The van der Waals surface area contributed by atoms with Gasteiger partial charge in [0.05, 0.1) is 0 Å². The van der Waals surface area contributed by atoms with Crippen molar-refractivity contribution in [1.29, 1.82) is 0 Å². The Bertz CT molecular complexity index is 1440. The van der Waals surface area contributed by atoms with Crippen molar-refractivity contribution < 1.29 is 0 Å². The molecule has 1 radical (unpaired) electrons. The van der Waals surface area contributed by atoms with Crippen LogP contribution in [0.4, 0.5) is 0 Å². The summed E-state index contributed by atoms with van der Waals surface area (Å²) in [6, 6.07) is 34.0. The highest BCUT2D eigenvalue weighted by Crippen LogP contribution is 2.51. The van der Waals surface area contributed by atoms with Crippen LogP contribution in [0.25, 0.3) is 16.7 Å². The van der Waals surface area contributed by atoms with E-state index in [1.165, 1.54) is 44.5 Å². The Balaban J connectivity index is 1.85. The highest BCUT2D eigenvalue weighted by molar-refractivity contribution is 6.31. The van der Waals surface area contributed by atoms with Crippen LogP contribution in [0.2, 0.25) is 10.0 Å². The lowest BCUT2D eigenvalue weighted by Crippen LogP contribution is -2.14. The summed E-state index contributed by atoms with van der Waals surface area (Å²) in [7, 11) is 0. The maximum absolute atomic E-state index is 6.51. The molecular weight excluding hydrogens is 467 g/mol. The first-order chi connectivity index (χ1) is 16.9. The lowest BCUT2D eigenvalue weighted by molar-refractivity contribution is 1.03. The summed E-state index contributed by atoms with van der Waals surface area (Å²) in [6.45, 7) is 6.48. The molecule has 0 aliphatic heterocycles. The number of allylic oxidation sites excluding steroid dienone is 4. The predicted octanol–water partition coefficient (Wildman–Crippen LogP) is 10.00. The fourth-order valence-electron chi connectivity index (χ4n) is 4.95. The Labute approximate surface area is 218 Å². The van der Waals surface area contributed by atoms with Gasteiger partial charge in [0, 0.05) is 22.4 Å². The summed E-state index contributed by atoms with van der Waals surface area (Å²) >= 11 is 13.0. The zero-order valence-corrected chi connectivity index (χ0v) is 21.7. The van der Waals surface area contributed by atoms with Crippen LogP contribution in [0.3, 0.4) is 0 Å². The highest BCUT2D eigenvalue weighted by Gasteiger charge is 2.31. The van der Waals surface area contributed by atoms with Crippen molar-refractivity contribution >= 4 is 39.9 Å². The largest absolute Gasteiger partial charge is 0.0843 e. The van der Waals surface area contributed by atoms with Crippen molar-refractivity contribution in [1.82, 2.24) is 0 Å². The molecule has 0 N–H and O–H groups in total. The zero-order chi connectivity index (χ0) is 24.5. The van der Waals surface area contributed by atoms with Crippen molar-refractivity contribution in [3.63, 3.8) is 0 Å². The number of benzene rings is 4. The second kappa shape index (κ2) is 9.90. The third kappa shape index (κ3) is 4.87. The van der Waals surface area contributed by atoms with Crippen LogP contribution in [0.5, 0.6) is 0 Å². The van der Waals surface area contributed by atoms with Gasteiger partial charge in [-0.15, -0.1) is 0 Å². The molecular formula is C33H27Cl2. The van der Waals surface area contributed by atoms with Gasteiger partial charge in [-0.2, -0.15) is 0 Å². The Hall–Kier alpha value is -3.06. The van der Waals surface area contributed by atoms with Gasteiger partial charge in [-0.1, -0.05) is 107 Å². The molecule has 0 saturated heterocycles. The van der Waals surface area contributed by atoms with E-state index in [-0.39, 0.29) is 5.92 Å². The summed E-state index contributed by atoms with van der Waals surface area (Å²) in [5.74, 6) is 0.0171. The average molecular weight is 494 g/mol. The zero-order valence-electron chi connectivity index (χ0n) is 20.1. The van der Waals surface area contributed by atoms with Gasteiger partial charge in [-0.25, -0.2) is 0 Å². The smallest absolute Gasteiger partial charge is 0.0412 e. The Kier molecular flexibility index (Phi) is 6.69. The summed E-state index contributed by atoms with van der Waals surface area (Å²) in [4.78, 5) is 0. The molecule has 5 rings (SSSR count). The fraction of sp³-hybridized carbons (Fsp3) is 0.121. The van der Waals surface area contributed by atoms with Crippen LogP contribution < -0.4 is 0 Å². The summed E-state index contributed by atoms with van der Waals surface area (Å²) < 4.78 is 0. The molecule has 1 unspecified atom stereocenters. The van der Waals surface area contributed by atoms with E-state index >= 15 is 0 Å². The first-order valence-corrected chi connectivity index (χ1v) is 12.6. The molecule has 2 heteroatoms. The van der Waals surface area contributed by atoms with E-state index in [0.29, 0.717) is 0 Å². The number of rotatable bonds is 4. The minimum Gasteiger partial charge on any atom is -0.0843 e. The van der Waals surface area contributed by atoms with E-state index in [4.69, 9.17) is 23.2 Å². The second-order valence-corrected chi connectivity index (χ2v) is 10.1. The SMILES string of the molecule is CC1=C(c2ccc(C)cc2)[CH]C(c2cccc(Cl)c2)C(c2cccc(Cl)c2)=C1c1ccc(C)cc1. The molecule has 0 nitrogen and oxygen atoms in total. The van der Waals surface area contributed by atoms with Crippen LogP contribution in [0.1, 0.15) is 46.2 Å². The lowest BCUT2D eigenvalue weighted by atomic mass is 9.70. The van der Waals surface area contributed by atoms with E-state index in [1.54, 1.807) is 0 Å². The Morgan fingerprint density at radius 3 is 1.74 bits per heavy atom. The van der Waals surface area contributed by atoms with Gasteiger partial charge in [0.15, 0.2) is 0 Å². The topological polar surface area (TPSA) is 0 Å². The Morgan fingerprint density at radius 1 is 0.571 bits per heavy atom. The van der Waals surface area contributed by atoms with E-state index in [2.05, 4.69) is 100.0 Å². The molecule has 1 atom stereocenters. The van der Waals surface area contributed by atoms with Gasteiger partial charge in [0.25, 0.3) is 0 Å². The van der Waals surface area contributed by atoms with Crippen molar-refractivity contribution in [2.75, 3.05) is 0 Å². The monoisotopic (exact) mass is 493 g/mol. The average Bonchev–Trinajstić information content (AvgIpc) is 2.85. The first-order valence-electron chi connectivity index (χ1n) is 11.9. The van der Waals surface area contributed by atoms with Gasteiger partial charge < -0.3 is 0 Å². The van der Waals surface area contributed by atoms with Crippen molar-refractivity contribution in [2.24, 2.45) is 0 Å². The summed E-state index contributed by atoms with van der Waals surface area (Å²) in [5.41, 5.74) is 12.2. The van der Waals surface area contributed by atoms with Gasteiger partial charge >= 0.3 is 0 Å². The molecule has 35 heavy (non-hydrogen) atoms. The molecule has 4 aromatic carbocycles. The molecule has 173 valence electrons. The van der Waals surface area contributed by atoms with Crippen molar-refractivity contribution in [2.45, 2.75) is 26.7 Å². The van der Waals surface area contributed by atoms with Gasteiger partial charge in [-0.3, -0.25) is 0 Å². The summed E-state index contributed by atoms with van der Waals surface area (Å²) in [6.07, 6.45) is 2.39. The molecule has 0 spiro atoms. The normalized spacial score (nSPS) is 16.1. The summed E-state index contributed by atoms with van der Waals surface area (Å²) in [5, 5.41) is 1.47. The van der Waals surface area contributed by atoms with Crippen LogP contribution in [-0.2, 0) is 0 Å². The number of hydrogen-bond acceptors (Lipinski definition) is 0. The highest BCUT2D eigenvalue weighted by atomic mass is 35.5. The van der Waals surface area contributed by atoms with Gasteiger partial charge in [-0.05, 0) is 89.6 Å². The van der Waals surface area contributed by atoms with Crippen LogP contribution in [0, 0.1) is 20.3 Å². The molecule has 0 amide bonds. The first kappa shape index (κ1) is 23.7. The third-order valence-electron chi connectivity index (χ3n) is 6.74. The molecule has 1 aliphatic carbocycles. The number of aryl methyl sites for hydroxylation is 2. The standard InChI is InChI=1S/C33H27Cl2/c1-21-10-14-24(15-11-21)30-20-31(26-6-4-8-28(34)18-26)33(27-7-5-9-29(35)19-27)32(23(30)3)25-16-12-22(2)13-17-25/h4-20,31H,1-3H3. The van der Waals surface area contributed by atoms with Crippen molar-refractivity contribution in [3.05, 3.63) is 152 Å². The van der Waals surface area contributed by atoms with E-state index in [9.17, 15) is 0 Å². The Morgan fingerprint density at radius 2 is 1.14 bits per heavy atom. The minimum absolute atomic E-state index is 0.0171. The number of hydrogen-bond donors (Lipinski definition) is 0. The maximum Gasteiger partial charge on any atom is 0.0412 e. The number of halogens is 2. The van der Waals surface area contributed by atoms with E-state index < -0.39 is 0 Å². The molecule has 0 heterocycles. The third-order valence-corrected chi connectivity index (χ3v) is 7.21. The molecule has 4 aromatic rings. The van der Waals surface area contributed by atoms with Crippen molar-refractivity contribution in [3.8, 4) is 0 Å². The van der Waals surface area contributed by atoms with Gasteiger partial charge in [0.1, 0.15) is 0 Å². The molecule has 0 saturated carbocycles. The predicted molar refractivity (Wildman–Crippen MR) is 152 cm³/mol. The van der Waals surface area contributed by atoms with E-state index in [1.807, 2.05) is 24.3 Å². The molecule has 0 bridgehead atoms. The van der Waals surface area contributed by atoms with E-state index in [0.717, 1.165) is 21.2 Å². The lowest BCUT2D eigenvalue weighted by Gasteiger charge is -2.33. The quantitative estimate of drug-likeness (QED) is 0.265. The fourth-order valence-corrected chi connectivity index (χ4v) is 5.34. The van der Waals surface area contributed by atoms with Crippen LogP contribution in [-0.4, -0.2) is 0 Å².